The number of nitro groups is 2. The topological polar surface area (TPSA) is 118 Å². The maximum absolute atomic E-state index is 11.4. The summed E-state index contributed by atoms with van der Waals surface area (Å²) in [6.45, 7) is 0. The number of benzene rings is 2. The quantitative estimate of drug-likeness (QED) is 0.463. The van der Waals surface area contributed by atoms with Crippen LogP contribution < -0.4 is 9.47 Å². The Balaban J connectivity index is 2.07. The van der Waals surface area contributed by atoms with Crippen LogP contribution in [-0.4, -0.2) is 29.1 Å². The fourth-order valence-corrected chi connectivity index (χ4v) is 2.74. The van der Waals surface area contributed by atoms with Gasteiger partial charge in [0.15, 0.2) is 11.5 Å². The molecule has 0 aliphatic heterocycles. The molecule has 0 atom stereocenters. The van der Waals surface area contributed by atoms with Gasteiger partial charge >= 0.3 is 0 Å². The van der Waals surface area contributed by atoms with E-state index >= 15 is 0 Å². The van der Waals surface area contributed by atoms with Crippen LogP contribution in [0.5, 0.6) is 11.5 Å². The standard InChI is InChI=1S/C19H15N3O6/c1-27-17-10-13(16(22(25)26)11-18(17)28-2)7-9-14-8-6-12-4-3-5-15(21(23)24)19(12)20-14/h3-11H,1-2H3. The number of rotatable bonds is 6. The van der Waals surface area contributed by atoms with Crippen molar-refractivity contribution in [2.75, 3.05) is 14.2 Å². The molecule has 3 rings (SSSR count). The lowest BCUT2D eigenvalue weighted by Gasteiger charge is -2.08. The first-order valence-electron chi connectivity index (χ1n) is 8.07. The highest BCUT2D eigenvalue weighted by Crippen LogP contribution is 2.35. The molecule has 0 N–H and O–H groups in total. The van der Waals surface area contributed by atoms with Crippen LogP contribution in [0.3, 0.4) is 0 Å². The highest BCUT2D eigenvalue weighted by atomic mass is 16.6. The summed E-state index contributed by atoms with van der Waals surface area (Å²) in [7, 11) is 2.82. The SMILES string of the molecule is COc1cc(C=Cc2ccc3cccc([N+](=O)[O-])c3n2)c([N+](=O)[O-])cc1OC. The third-order valence-corrected chi connectivity index (χ3v) is 4.08. The molecule has 0 aliphatic carbocycles. The highest BCUT2D eigenvalue weighted by molar-refractivity contribution is 5.88. The van der Waals surface area contributed by atoms with Crippen LogP contribution in [0, 0.1) is 20.2 Å². The Hall–Kier alpha value is -4.01. The van der Waals surface area contributed by atoms with E-state index in [9.17, 15) is 20.2 Å². The Morgan fingerprint density at radius 3 is 2.21 bits per heavy atom. The minimum absolute atomic E-state index is 0.107. The molecule has 0 saturated carbocycles. The Labute approximate surface area is 159 Å². The number of aromatic nitrogens is 1. The summed E-state index contributed by atoms with van der Waals surface area (Å²) in [5.41, 5.74) is 0.681. The summed E-state index contributed by atoms with van der Waals surface area (Å²) in [5.74, 6) is 0.584. The average Bonchev–Trinajstić information content (AvgIpc) is 2.70. The van der Waals surface area contributed by atoms with Crippen LogP contribution in [-0.2, 0) is 0 Å². The Bertz CT molecular complexity index is 1110. The smallest absolute Gasteiger partial charge is 0.295 e. The summed E-state index contributed by atoms with van der Waals surface area (Å²) in [6.07, 6.45) is 3.05. The second kappa shape index (κ2) is 7.70. The normalized spacial score (nSPS) is 10.9. The number of hydrogen-bond donors (Lipinski definition) is 0. The van der Waals surface area contributed by atoms with E-state index < -0.39 is 9.85 Å². The molecular weight excluding hydrogens is 366 g/mol. The van der Waals surface area contributed by atoms with Crippen LogP contribution in [0.4, 0.5) is 11.4 Å². The molecule has 142 valence electrons. The van der Waals surface area contributed by atoms with Gasteiger partial charge in [-0.1, -0.05) is 18.2 Å². The second-order valence-corrected chi connectivity index (χ2v) is 5.70. The zero-order valence-electron chi connectivity index (χ0n) is 15.0. The molecule has 0 bridgehead atoms. The zero-order valence-corrected chi connectivity index (χ0v) is 15.0. The van der Waals surface area contributed by atoms with Gasteiger partial charge in [-0.05, 0) is 24.3 Å². The third-order valence-electron chi connectivity index (χ3n) is 4.08. The number of pyridine rings is 1. The van der Waals surface area contributed by atoms with Crippen molar-refractivity contribution in [3.63, 3.8) is 0 Å². The van der Waals surface area contributed by atoms with E-state index in [0.717, 1.165) is 0 Å². The molecule has 0 aliphatic rings. The molecule has 1 heterocycles. The van der Waals surface area contributed by atoms with Gasteiger partial charge in [-0.2, -0.15) is 0 Å². The fraction of sp³-hybridized carbons (Fsp3) is 0.105. The van der Waals surface area contributed by atoms with Crippen molar-refractivity contribution in [3.8, 4) is 11.5 Å². The van der Waals surface area contributed by atoms with Crippen LogP contribution in [0.25, 0.3) is 23.1 Å². The van der Waals surface area contributed by atoms with Crippen molar-refractivity contribution >= 4 is 34.4 Å². The van der Waals surface area contributed by atoms with E-state index in [2.05, 4.69) is 4.98 Å². The Morgan fingerprint density at radius 2 is 1.57 bits per heavy atom. The van der Waals surface area contributed by atoms with E-state index in [1.807, 2.05) is 0 Å². The molecule has 0 amide bonds. The summed E-state index contributed by atoms with van der Waals surface area (Å²) in [4.78, 5) is 25.9. The molecule has 0 unspecified atom stereocenters. The van der Waals surface area contributed by atoms with Gasteiger partial charge in [0.1, 0.15) is 5.52 Å². The minimum Gasteiger partial charge on any atom is -0.493 e. The van der Waals surface area contributed by atoms with E-state index in [1.54, 1.807) is 30.3 Å². The highest BCUT2D eigenvalue weighted by Gasteiger charge is 2.18. The number of nitro benzene ring substituents is 2. The molecule has 0 fully saturated rings. The molecule has 9 nitrogen and oxygen atoms in total. The van der Waals surface area contributed by atoms with Gasteiger partial charge in [0, 0.05) is 11.5 Å². The predicted molar refractivity (Wildman–Crippen MR) is 104 cm³/mol. The summed E-state index contributed by atoms with van der Waals surface area (Å²) < 4.78 is 10.3. The van der Waals surface area contributed by atoms with Gasteiger partial charge < -0.3 is 9.47 Å². The largest absolute Gasteiger partial charge is 0.493 e. The molecule has 9 heteroatoms. The lowest BCUT2D eigenvalue weighted by Crippen LogP contribution is -1.96. The minimum atomic E-state index is -0.527. The van der Waals surface area contributed by atoms with Crippen LogP contribution in [0.15, 0.2) is 42.5 Å². The maximum Gasteiger partial charge on any atom is 0.295 e. The van der Waals surface area contributed by atoms with Gasteiger partial charge in [-0.15, -0.1) is 0 Å². The van der Waals surface area contributed by atoms with Gasteiger partial charge in [-0.3, -0.25) is 20.2 Å². The Kier molecular flexibility index (Phi) is 5.16. The molecular formula is C19H15N3O6. The molecule has 0 saturated heterocycles. The van der Waals surface area contributed by atoms with Crippen molar-refractivity contribution in [1.29, 1.82) is 0 Å². The lowest BCUT2D eigenvalue weighted by atomic mass is 10.1. The molecule has 0 spiro atoms. The Morgan fingerprint density at radius 1 is 0.893 bits per heavy atom. The predicted octanol–water partition coefficient (Wildman–Crippen LogP) is 4.24. The maximum atomic E-state index is 11.4. The van der Waals surface area contributed by atoms with E-state index in [1.165, 1.54) is 38.5 Å². The summed E-state index contributed by atoms with van der Waals surface area (Å²) >= 11 is 0. The average molecular weight is 381 g/mol. The molecule has 0 radical (unpaired) electrons. The number of fused-ring (bicyclic) bond motifs is 1. The van der Waals surface area contributed by atoms with E-state index in [-0.39, 0.29) is 28.2 Å². The molecule has 28 heavy (non-hydrogen) atoms. The van der Waals surface area contributed by atoms with Crippen molar-refractivity contribution in [1.82, 2.24) is 4.98 Å². The fourth-order valence-electron chi connectivity index (χ4n) is 2.74. The van der Waals surface area contributed by atoms with Gasteiger partial charge in [0.2, 0.25) is 0 Å². The summed E-state index contributed by atoms with van der Waals surface area (Å²) in [6, 6.07) is 10.8. The monoisotopic (exact) mass is 381 g/mol. The van der Waals surface area contributed by atoms with Crippen LogP contribution in [0.2, 0.25) is 0 Å². The first-order valence-corrected chi connectivity index (χ1v) is 8.07. The van der Waals surface area contributed by atoms with Crippen LogP contribution in [0.1, 0.15) is 11.3 Å². The molecule has 2 aromatic carbocycles. The number of para-hydroxylation sites is 1. The van der Waals surface area contributed by atoms with Gasteiger partial charge in [-0.25, -0.2) is 4.98 Å². The van der Waals surface area contributed by atoms with E-state index in [4.69, 9.17) is 9.47 Å². The molecule has 3 aromatic rings. The molecule has 1 aromatic heterocycles. The number of ether oxygens (including phenoxy) is 2. The third kappa shape index (κ3) is 3.58. The first kappa shape index (κ1) is 18.8. The second-order valence-electron chi connectivity index (χ2n) is 5.70. The van der Waals surface area contributed by atoms with Crippen LogP contribution >= 0.6 is 0 Å². The van der Waals surface area contributed by atoms with Crippen molar-refractivity contribution in [2.24, 2.45) is 0 Å². The number of non-ortho nitro benzene ring substituents is 1. The lowest BCUT2D eigenvalue weighted by molar-refractivity contribution is -0.385. The van der Waals surface area contributed by atoms with Crippen molar-refractivity contribution < 1.29 is 19.3 Å². The van der Waals surface area contributed by atoms with Crippen molar-refractivity contribution in [3.05, 3.63) is 74.0 Å². The number of nitrogens with zero attached hydrogens (tertiary/aromatic N) is 3. The first-order chi connectivity index (χ1) is 13.4. The number of hydrogen-bond acceptors (Lipinski definition) is 7. The van der Waals surface area contributed by atoms with Gasteiger partial charge in [0.05, 0.1) is 41.4 Å². The summed E-state index contributed by atoms with van der Waals surface area (Å²) in [5, 5.41) is 23.2. The zero-order chi connectivity index (χ0) is 20.3. The number of methoxy groups -OCH3 is 2. The van der Waals surface area contributed by atoms with Gasteiger partial charge in [0.25, 0.3) is 11.4 Å². The van der Waals surface area contributed by atoms with Crippen molar-refractivity contribution in [2.45, 2.75) is 0 Å². The van der Waals surface area contributed by atoms with E-state index in [0.29, 0.717) is 16.8 Å².